The van der Waals surface area contributed by atoms with E-state index < -0.39 is 11.6 Å². The standard InChI is InChI=1S/C31H33N5O3S/c1-16-14-19(39-18-6-4-3-5-7-18)8-9-20(16)31(34)21-10-11-22(32)27-24(21)25(26(33)29(31)37)28(40-27)30(38)36-23-12-13-35-15-17(23)2/h3-11,14,17,23,26,35H,12-13,15,32-34H2,1-2H3,(H,36,38). The van der Waals surface area contributed by atoms with Crippen molar-refractivity contribution >= 4 is 38.8 Å². The van der Waals surface area contributed by atoms with Gasteiger partial charge in [0.1, 0.15) is 17.0 Å². The second kappa shape index (κ2) is 10.0. The van der Waals surface area contributed by atoms with E-state index in [1.54, 1.807) is 18.2 Å². The van der Waals surface area contributed by atoms with Crippen LogP contribution in [0.15, 0.2) is 60.7 Å². The van der Waals surface area contributed by atoms with Crippen LogP contribution >= 0.6 is 11.3 Å². The van der Waals surface area contributed by atoms with Crippen molar-refractivity contribution in [3.8, 4) is 11.5 Å². The first kappa shape index (κ1) is 26.5. The molecule has 2 heterocycles. The molecule has 1 saturated heterocycles. The Kier molecular flexibility index (Phi) is 6.62. The number of carbonyl (C=O) groups excluding carboxylic acids is 2. The molecule has 0 saturated carbocycles. The fraction of sp³-hybridized carbons (Fsp3) is 0.290. The van der Waals surface area contributed by atoms with E-state index in [4.69, 9.17) is 21.9 Å². The summed E-state index contributed by atoms with van der Waals surface area (Å²) >= 11 is 1.28. The van der Waals surface area contributed by atoms with E-state index in [0.717, 1.165) is 29.8 Å². The molecule has 0 radical (unpaired) electrons. The highest BCUT2D eigenvalue weighted by atomic mass is 32.1. The summed E-state index contributed by atoms with van der Waals surface area (Å²) in [6, 6.07) is 17.5. The summed E-state index contributed by atoms with van der Waals surface area (Å²) in [5.41, 5.74) is 21.7. The Morgan fingerprint density at radius 2 is 1.85 bits per heavy atom. The number of rotatable bonds is 5. The largest absolute Gasteiger partial charge is 0.457 e. The molecule has 8 N–H and O–H groups in total. The van der Waals surface area contributed by atoms with E-state index in [2.05, 4.69) is 17.6 Å². The zero-order valence-electron chi connectivity index (χ0n) is 22.5. The number of hydrogen-bond acceptors (Lipinski definition) is 8. The third kappa shape index (κ3) is 4.17. The lowest BCUT2D eigenvalue weighted by atomic mass is 9.69. The first-order valence-corrected chi connectivity index (χ1v) is 14.3. The maximum absolute atomic E-state index is 14.1. The Morgan fingerprint density at radius 3 is 2.58 bits per heavy atom. The lowest BCUT2D eigenvalue weighted by molar-refractivity contribution is -0.124. The molecule has 1 aliphatic carbocycles. The maximum atomic E-state index is 14.1. The molecular weight excluding hydrogens is 522 g/mol. The molecule has 0 bridgehead atoms. The number of anilines is 1. The molecule has 4 unspecified atom stereocenters. The molecule has 206 valence electrons. The van der Waals surface area contributed by atoms with Gasteiger partial charge in [-0.15, -0.1) is 11.3 Å². The minimum atomic E-state index is -1.52. The summed E-state index contributed by atoms with van der Waals surface area (Å²) < 4.78 is 6.72. The topological polar surface area (TPSA) is 145 Å². The molecular formula is C31H33N5O3S. The van der Waals surface area contributed by atoms with Gasteiger partial charge in [-0.3, -0.25) is 9.59 Å². The van der Waals surface area contributed by atoms with Gasteiger partial charge in [-0.2, -0.15) is 0 Å². The van der Waals surface area contributed by atoms with Crippen molar-refractivity contribution in [1.29, 1.82) is 0 Å². The average Bonchev–Trinajstić information content (AvgIpc) is 3.35. The number of hydrogen-bond donors (Lipinski definition) is 5. The second-order valence-corrected chi connectivity index (χ2v) is 11.9. The van der Waals surface area contributed by atoms with Crippen LogP contribution in [-0.4, -0.2) is 30.8 Å². The van der Waals surface area contributed by atoms with Crippen molar-refractivity contribution in [2.24, 2.45) is 17.4 Å². The fourth-order valence-electron chi connectivity index (χ4n) is 6.06. The number of nitrogens with two attached hydrogens (primary N) is 3. The van der Waals surface area contributed by atoms with Crippen molar-refractivity contribution in [1.82, 2.24) is 10.6 Å². The second-order valence-electron chi connectivity index (χ2n) is 10.8. The lowest BCUT2D eigenvalue weighted by Gasteiger charge is -2.37. The summed E-state index contributed by atoms with van der Waals surface area (Å²) in [5, 5.41) is 7.24. The van der Waals surface area contributed by atoms with Gasteiger partial charge in [-0.05, 0) is 79.4 Å². The van der Waals surface area contributed by atoms with Gasteiger partial charge in [0, 0.05) is 22.7 Å². The van der Waals surface area contributed by atoms with E-state index in [1.165, 1.54) is 11.3 Å². The minimum Gasteiger partial charge on any atom is -0.457 e. The zero-order valence-corrected chi connectivity index (χ0v) is 23.3. The number of ketones is 1. The van der Waals surface area contributed by atoms with E-state index in [0.29, 0.717) is 44.1 Å². The first-order valence-electron chi connectivity index (χ1n) is 13.5. The van der Waals surface area contributed by atoms with Gasteiger partial charge in [0.25, 0.3) is 5.91 Å². The molecule has 1 aromatic heterocycles. The highest BCUT2D eigenvalue weighted by Crippen LogP contribution is 2.50. The molecule has 0 spiro atoms. The number of aryl methyl sites for hydroxylation is 1. The van der Waals surface area contributed by atoms with Crippen LogP contribution in [0.2, 0.25) is 0 Å². The molecule has 2 aliphatic rings. The average molecular weight is 556 g/mol. The van der Waals surface area contributed by atoms with Gasteiger partial charge in [-0.1, -0.05) is 37.3 Å². The Labute approximate surface area is 236 Å². The number of nitrogens with one attached hydrogen (secondary N) is 2. The van der Waals surface area contributed by atoms with Gasteiger partial charge in [0.05, 0.1) is 15.6 Å². The summed E-state index contributed by atoms with van der Waals surface area (Å²) in [5.74, 6) is 1.03. The molecule has 4 aromatic rings. The number of Topliss-reactive ketones (excluding diaryl/α,β-unsaturated/α-hetero) is 1. The quantitative estimate of drug-likeness (QED) is 0.233. The molecule has 4 atom stereocenters. The van der Waals surface area contributed by atoms with Crippen molar-refractivity contribution in [3.05, 3.63) is 87.8 Å². The van der Waals surface area contributed by atoms with Crippen molar-refractivity contribution in [2.45, 2.75) is 37.9 Å². The highest BCUT2D eigenvalue weighted by Gasteiger charge is 2.49. The van der Waals surface area contributed by atoms with E-state index in [-0.39, 0.29) is 23.7 Å². The van der Waals surface area contributed by atoms with Gasteiger partial charge in [0.2, 0.25) is 0 Å². The Hall–Kier alpha value is -3.76. The molecule has 1 amide bonds. The van der Waals surface area contributed by atoms with Crippen LogP contribution in [0.3, 0.4) is 0 Å². The van der Waals surface area contributed by atoms with Crippen LogP contribution in [0.25, 0.3) is 10.1 Å². The number of para-hydroxylation sites is 1. The van der Waals surface area contributed by atoms with Gasteiger partial charge >= 0.3 is 0 Å². The van der Waals surface area contributed by atoms with E-state index in [1.807, 2.05) is 49.4 Å². The minimum absolute atomic E-state index is 0.0337. The van der Waals surface area contributed by atoms with Crippen molar-refractivity contribution < 1.29 is 14.3 Å². The van der Waals surface area contributed by atoms with Crippen LogP contribution < -0.4 is 32.6 Å². The normalized spacial score (nSPS) is 24.2. The SMILES string of the molecule is Cc1cc(Oc2ccccc2)ccc1C1(N)C(=O)C(N)c2c(C(=O)NC3CCNCC3C)sc3c(N)ccc1c23. The Bertz CT molecular complexity index is 1640. The van der Waals surface area contributed by atoms with Crippen molar-refractivity contribution in [2.75, 3.05) is 18.8 Å². The fourth-order valence-corrected chi connectivity index (χ4v) is 7.26. The monoisotopic (exact) mass is 555 g/mol. The number of piperidine rings is 1. The van der Waals surface area contributed by atoms with Crippen LogP contribution in [0.1, 0.15) is 51.3 Å². The summed E-state index contributed by atoms with van der Waals surface area (Å²) in [6.07, 6.45) is 0.834. The number of nitrogen functional groups attached to an aromatic ring is 1. The zero-order chi connectivity index (χ0) is 28.2. The van der Waals surface area contributed by atoms with E-state index in [9.17, 15) is 9.59 Å². The molecule has 3 aromatic carbocycles. The number of benzene rings is 3. The Morgan fingerprint density at radius 1 is 1.10 bits per heavy atom. The Balaban J connectivity index is 1.44. The molecule has 1 aliphatic heterocycles. The summed E-state index contributed by atoms with van der Waals surface area (Å²) in [6.45, 7) is 5.69. The molecule has 6 rings (SSSR count). The molecule has 9 heteroatoms. The van der Waals surface area contributed by atoms with Gasteiger partial charge in [0.15, 0.2) is 5.78 Å². The molecule has 8 nitrogen and oxygen atoms in total. The van der Waals surface area contributed by atoms with Crippen LogP contribution in [0.4, 0.5) is 5.69 Å². The smallest absolute Gasteiger partial charge is 0.261 e. The highest BCUT2D eigenvalue weighted by molar-refractivity contribution is 7.21. The van der Waals surface area contributed by atoms with Gasteiger partial charge < -0.3 is 32.6 Å². The number of thiophene rings is 1. The molecule has 40 heavy (non-hydrogen) atoms. The predicted octanol–water partition coefficient (Wildman–Crippen LogP) is 4.10. The predicted molar refractivity (Wildman–Crippen MR) is 159 cm³/mol. The number of carbonyl (C=O) groups is 2. The van der Waals surface area contributed by atoms with Crippen molar-refractivity contribution in [3.63, 3.8) is 0 Å². The lowest BCUT2D eigenvalue weighted by Crippen LogP contribution is -2.53. The third-order valence-corrected chi connectivity index (χ3v) is 9.48. The van der Waals surface area contributed by atoms with Crippen LogP contribution in [-0.2, 0) is 10.3 Å². The number of amides is 1. The number of ether oxygens (including phenoxy) is 1. The summed E-state index contributed by atoms with van der Waals surface area (Å²) in [4.78, 5) is 28.2. The van der Waals surface area contributed by atoms with Gasteiger partial charge in [-0.25, -0.2) is 0 Å². The third-order valence-electron chi connectivity index (χ3n) is 8.22. The molecule has 1 fully saturated rings. The first-order chi connectivity index (χ1) is 19.2. The van der Waals surface area contributed by atoms with Crippen LogP contribution in [0, 0.1) is 12.8 Å². The van der Waals surface area contributed by atoms with E-state index >= 15 is 0 Å². The summed E-state index contributed by atoms with van der Waals surface area (Å²) in [7, 11) is 0. The maximum Gasteiger partial charge on any atom is 0.261 e. The van der Waals surface area contributed by atoms with Crippen LogP contribution in [0.5, 0.6) is 11.5 Å².